The number of aryl methyl sites for hydroxylation is 1. The average molecular weight is 290 g/mol. The highest BCUT2D eigenvalue weighted by molar-refractivity contribution is 5.63. The van der Waals surface area contributed by atoms with Crippen molar-refractivity contribution in [3.63, 3.8) is 0 Å². The zero-order valence-electron chi connectivity index (χ0n) is 12.0. The molecular weight excluding hydrogens is 272 g/mol. The lowest BCUT2D eigenvalue weighted by atomic mass is 10.2. The van der Waals surface area contributed by atoms with Gasteiger partial charge in [-0.15, -0.1) is 10.2 Å². The van der Waals surface area contributed by atoms with Crippen molar-refractivity contribution in [2.75, 3.05) is 23.7 Å². The smallest absolute Gasteiger partial charge is 0.273 e. The van der Waals surface area contributed by atoms with Crippen LogP contribution in [0.5, 0.6) is 0 Å². The van der Waals surface area contributed by atoms with Gasteiger partial charge in [0.05, 0.1) is 4.92 Å². The van der Waals surface area contributed by atoms with E-state index in [0.717, 1.165) is 11.5 Å². The van der Waals surface area contributed by atoms with Gasteiger partial charge in [-0.1, -0.05) is 0 Å². The zero-order chi connectivity index (χ0) is 15.2. The summed E-state index contributed by atoms with van der Waals surface area (Å²) in [7, 11) is 1.88. The molecule has 1 aromatic carbocycles. The summed E-state index contributed by atoms with van der Waals surface area (Å²) in [5.74, 6) is 0.861. The molecule has 0 fully saturated rings. The first-order valence-electron chi connectivity index (χ1n) is 6.70. The lowest BCUT2D eigenvalue weighted by Gasteiger charge is -2.09. The van der Waals surface area contributed by atoms with E-state index in [1.54, 1.807) is 6.33 Å². The predicted molar refractivity (Wildman–Crippen MR) is 80.5 cm³/mol. The first kappa shape index (κ1) is 14.8. The van der Waals surface area contributed by atoms with E-state index in [1.807, 2.05) is 24.6 Å². The van der Waals surface area contributed by atoms with Crippen molar-refractivity contribution in [1.29, 1.82) is 0 Å². The van der Waals surface area contributed by atoms with Gasteiger partial charge in [0.1, 0.15) is 12.2 Å². The first-order valence-corrected chi connectivity index (χ1v) is 6.70. The van der Waals surface area contributed by atoms with Crippen LogP contribution in [0, 0.1) is 10.1 Å². The van der Waals surface area contributed by atoms with E-state index in [-0.39, 0.29) is 5.69 Å². The molecule has 0 saturated heterocycles. The third-order valence-corrected chi connectivity index (χ3v) is 2.99. The van der Waals surface area contributed by atoms with E-state index in [9.17, 15) is 10.1 Å². The van der Waals surface area contributed by atoms with Crippen LogP contribution in [0.3, 0.4) is 0 Å². The van der Waals surface area contributed by atoms with Gasteiger partial charge in [-0.2, -0.15) is 0 Å². The molecule has 21 heavy (non-hydrogen) atoms. The molecule has 1 aromatic heterocycles. The lowest BCUT2D eigenvalue weighted by molar-refractivity contribution is -0.384. The highest BCUT2D eigenvalue weighted by Gasteiger charge is 2.09. The molecule has 0 amide bonds. The van der Waals surface area contributed by atoms with Gasteiger partial charge < -0.3 is 15.2 Å². The maximum atomic E-state index is 10.9. The molecule has 0 atom stereocenters. The van der Waals surface area contributed by atoms with Gasteiger partial charge in [-0.25, -0.2) is 0 Å². The van der Waals surface area contributed by atoms with Crippen LogP contribution in [0.1, 0.15) is 12.7 Å². The molecule has 0 aliphatic carbocycles. The Morgan fingerprint density at radius 1 is 1.29 bits per heavy atom. The number of hydrogen-bond donors (Lipinski definition) is 2. The quantitative estimate of drug-likeness (QED) is 0.596. The van der Waals surface area contributed by atoms with Gasteiger partial charge in [0.2, 0.25) is 0 Å². The summed E-state index contributed by atoms with van der Waals surface area (Å²) in [6, 6.07) is 4.90. The SMILES string of the molecule is CCNc1cc(NCCc2nncn2C)cc([N+](=O)[O-])c1. The molecular formula is C13H18N6O2. The number of nitrogens with zero attached hydrogens (tertiary/aromatic N) is 4. The molecule has 0 unspecified atom stereocenters. The Bertz CT molecular complexity index is 625. The van der Waals surface area contributed by atoms with Crippen molar-refractivity contribution < 1.29 is 4.92 Å². The monoisotopic (exact) mass is 290 g/mol. The van der Waals surface area contributed by atoms with Crippen molar-refractivity contribution in [1.82, 2.24) is 14.8 Å². The van der Waals surface area contributed by atoms with E-state index in [1.165, 1.54) is 12.1 Å². The summed E-state index contributed by atoms with van der Waals surface area (Å²) < 4.78 is 1.85. The maximum absolute atomic E-state index is 10.9. The zero-order valence-corrected chi connectivity index (χ0v) is 12.0. The second-order valence-electron chi connectivity index (χ2n) is 4.59. The molecule has 112 valence electrons. The van der Waals surface area contributed by atoms with E-state index < -0.39 is 4.92 Å². The number of rotatable bonds is 7. The molecule has 0 spiro atoms. The minimum absolute atomic E-state index is 0.0645. The summed E-state index contributed by atoms with van der Waals surface area (Å²) in [5.41, 5.74) is 1.50. The largest absolute Gasteiger partial charge is 0.385 e. The van der Waals surface area contributed by atoms with Crippen LogP contribution in [-0.4, -0.2) is 32.8 Å². The number of anilines is 2. The minimum Gasteiger partial charge on any atom is -0.385 e. The van der Waals surface area contributed by atoms with Crippen LogP contribution in [-0.2, 0) is 13.5 Å². The number of hydrogen-bond acceptors (Lipinski definition) is 6. The molecule has 1 heterocycles. The highest BCUT2D eigenvalue weighted by atomic mass is 16.6. The fraction of sp³-hybridized carbons (Fsp3) is 0.385. The summed E-state index contributed by atoms with van der Waals surface area (Å²) in [5, 5.41) is 25.0. The van der Waals surface area contributed by atoms with Gasteiger partial charge >= 0.3 is 0 Å². The second kappa shape index (κ2) is 6.69. The number of non-ortho nitro benzene ring substituents is 1. The molecule has 0 bridgehead atoms. The molecule has 2 aromatic rings. The van der Waals surface area contributed by atoms with Gasteiger partial charge in [0.25, 0.3) is 5.69 Å². The Labute approximate surface area is 122 Å². The van der Waals surface area contributed by atoms with Gasteiger partial charge in [-0.05, 0) is 13.0 Å². The Kier molecular flexibility index (Phi) is 4.70. The molecule has 0 aliphatic heterocycles. The number of nitro groups is 1. The van der Waals surface area contributed by atoms with Crippen LogP contribution in [0.25, 0.3) is 0 Å². The standard InChI is InChI=1S/C13H18N6O2/c1-3-14-10-6-11(8-12(7-10)19(20)21)15-5-4-13-17-16-9-18(13)2/h6-9,14-15H,3-5H2,1-2H3. The van der Waals surface area contributed by atoms with Crippen molar-refractivity contribution in [3.8, 4) is 0 Å². The number of nitro benzene ring substituents is 1. The van der Waals surface area contributed by atoms with Crippen LogP contribution in [0.4, 0.5) is 17.1 Å². The van der Waals surface area contributed by atoms with Crippen molar-refractivity contribution in [2.24, 2.45) is 7.05 Å². The fourth-order valence-electron chi connectivity index (χ4n) is 1.98. The second-order valence-corrected chi connectivity index (χ2v) is 4.59. The molecule has 0 saturated carbocycles. The fourth-order valence-corrected chi connectivity index (χ4v) is 1.98. The molecule has 2 rings (SSSR count). The highest BCUT2D eigenvalue weighted by Crippen LogP contribution is 2.24. The third-order valence-electron chi connectivity index (χ3n) is 2.99. The molecule has 2 N–H and O–H groups in total. The summed E-state index contributed by atoms with van der Waals surface area (Å²) in [6.45, 7) is 3.28. The molecule has 0 radical (unpaired) electrons. The van der Waals surface area contributed by atoms with Crippen LogP contribution in [0.2, 0.25) is 0 Å². The first-order chi connectivity index (χ1) is 10.1. The molecule has 8 nitrogen and oxygen atoms in total. The lowest BCUT2D eigenvalue weighted by Crippen LogP contribution is -2.09. The van der Waals surface area contributed by atoms with E-state index in [4.69, 9.17) is 0 Å². The van der Waals surface area contributed by atoms with Crippen molar-refractivity contribution in [2.45, 2.75) is 13.3 Å². The minimum atomic E-state index is -0.394. The normalized spacial score (nSPS) is 10.4. The number of nitrogens with one attached hydrogen (secondary N) is 2. The van der Waals surface area contributed by atoms with Gasteiger partial charge in [0.15, 0.2) is 0 Å². The van der Waals surface area contributed by atoms with E-state index >= 15 is 0 Å². The average Bonchev–Trinajstić information content (AvgIpc) is 2.84. The van der Waals surface area contributed by atoms with Gasteiger partial charge in [0, 0.05) is 50.1 Å². The van der Waals surface area contributed by atoms with Crippen LogP contribution in [0.15, 0.2) is 24.5 Å². The molecule has 0 aliphatic rings. The third kappa shape index (κ3) is 3.91. The van der Waals surface area contributed by atoms with Crippen molar-refractivity contribution >= 4 is 17.1 Å². The Morgan fingerprint density at radius 3 is 2.57 bits per heavy atom. The Morgan fingerprint density at radius 2 is 2.00 bits per heavy atom. The Balaban J connectivity index is 2.04. The summed E-state index contributed by atoms with van der Waals surface area (Å²) >= 11 is 0. The molecule has 8 heteroatoms. The van der Waals surface area contributed by atoms with E-state index in [2.05, 4.69) is 20.8 Å². The number of aromatic nitrogens is 3. The van der Waals surface area contributed by atoms with E-state index in [0.29, 0.717) is 25.2 Å². The topological polar surface area (TPSA) is 97.9 Å². The van der Waals surface area contributed by atoms with Crippen LogP contribution >= 0.6 is 0 Å². The maximum Gasteiger partial charge on any atom is 0.273 e. The Hall–Kier alpha value is -2.64. The predicted octanol–water partition coefficient (Wildman–Crippen LogP) is 1.81. The van der Waals surface area contributed by atoms with Gasteiger partial charge in [-0.3, -0.25) is 10.1 Å². The number of benzene rings is 1. The summed E-state index contributed by atoms with van der Waals surface area (Å²) in [6.07, 6.45) is 2.34. The van der Waals surface area contributed by atoms with Crippen LogP contribution < -0.4 is 10.6 Å². The summed E-state index contributed by atoms with van der Waals surface area (Å²) in [4.78, 5) is 10.5. The van der Waals surface area contributed by atoms with Crippen molar-refractivity contribution in [3.05, 3.63) is 40.5 Å².